The number of amides is 2. The molecule has 0 aliphatic heterocycles. The first-order chi connectivity index (χ1) is 12.9. The Hall–Kier alpha value is -3.35. The number of phenolic OH excluding ortho intramolecular Hbond substituents is 1. The van der Waals surface area contributed by atoms with E-state index in [9.17, 15) is 19.5 Å². The number of rotatable bonds is 6. The number of ether oxygens (including phenoxy) is 1. The maximum atomic E-state index is 12.2. The topological polar surface area (TPSA) is 105 Å². The molecular weight excluding hydrogens is 348 g/mol. The van der Waals surface area contributed by atoms with E-state index in [2.05, 4.69) is 10.6 Å². The van der Waals surface area contributed by atoms with E-state index in [1.54, 1.807) is 31.2 Å². The van der Waals surface area contributed by atoms with Gasteiger partial charge in [0.25, 0.3) is 0 Å². The average molecular weight is 370 g/mol. The molecule has 0 aromatic heterocycles. The molecule has 2 aromatic carbocycles. The molecule has 0 fully saturated rings. The molecule has 0 spiro atoms. The first-order valence-corrected chi connectivity index (χ1v) is 8.60. The maximum absolute atomic E-state index is 12.2. The Morgan fingerprint density at radius 1 is 1.00 bits per heavy atom. The van der Waals surface area contributed by atoms with Crippen molar-refractivity contribution in [2.24, 2.45) is 0 Å². The fourth-order valence-electron chi connectivity index (χ4n) is 2.27. The molecule has 7 heteroatoms. The van der Waals surface area contributed by atoms with Crippen molar-refractivity contribution in [3.05, 3.63) is 53.6 Å². The number of carbonyl (C=O) groups excluding carboxylic acids is 3. The van der Waals surface area contributed by atoms with Gasteiger partial charge < -0.3 is 20.5 Å². The molecule has 0 heterocycles. The van der Waals surface area contributed by atoms with Gasteiger partial charge in [-0.25, -0.2) is 4.79 Å². The van der Waals surface area contributed by atoms with Crippen LogP contribution in [0.3, 0.4) is 0 Å². The molecular formula is C20H22N2O5. The van der Waals surface area contributed by atoms with E-state index in [4.69, 9.17) is 4.74 Å². The van der Waals surface area contributed by atoms with Crippen LogP contribution in [-0.2, 0) is 14.3 Å². The van der Waals surface area contributed by atoms with Gasteiger partial charge >= 0.3 is 17.8 Å². The molecule has 0 aliphatic rings. The van der Waals surface area contributed by atoms with Gasteiger partial charge in [0.15, 0.2) is 0 Å². The van der Waals surface area contributed by atoms with Gasteiger partial charge in [-0.1, -0.05) is 31.5 Å². The highest BCUT2D eigenvalue weighted by molar-refractivity contribution is 6.44. The molecule has 3 N–H and O–H groups in total. The highest BCUT2D eigenvalue weighted by Crippen LogP contribution is 2.24. The Morgan fingerprint density at radius 2 is 1.67 bits per heavy atom. The predicted octanol–water partition coefficient (Wildman–Crippen LogP) is 3.23. The zero-order valence-electron chi connectivity index (χ0n) is 15.2. The van der Waals surface area contributed by atoms with E-state index in [1.807, 2.05) is 6.92 Å². The molecule has 2 aromatic rings. The van der Waals surface area contributed by atoms with Crippen LogP contribution in [0.1, 0.15) is 35.7 Å². The van der Waals surface area contributed by atoms with Gasteiger partial charge in [-0.05, 0) is 43.2 Å². The van der Waals surface area contributed by atoms with Crippen molar-refractivity contribution < 1.29 is 24.2 Å². The number of unbranched alkanes of at least 4 members (excludes halogenated alkanes) is 1. The van der Waals surface area contributed by atoms with Crippen molar-refractivity contribution >= 4 is 29.2 Å². The number of benzene rings is 2. The van der Waals surface area contributed by atoms with Crippen molar-refractivity contribution in [3.8, 4) is 5.75 Å². The summed E-state index contributed by atoms with van der Waals surface area (Å²) < 4.78 is 5.15. The first kappa shape index (κ1) is 20.0. The van der Waals surface area contributed by atoms with E-state index >= 15 is 0 Å². The van der Waals surface area contributed by atoms with Crippen LogP contribution in [0.25, 0.3) is 0 Å². The number of phenols is 1. The number of anilines is 2. The first-order valence-electron chi connectivity index (χ1n) is 8.60. The molecule has 0 aliphatic carbocycles. The van der Waals surface area contributed by atoms with Gasteiger partial charge in [-0.3, -0.25) is 9.59 Å². The molecule has 0 saturated heterocycles. The van der Waals surface area contributed by atoms with Crippen LogP contribution in [0, 0.1) is 6.92 Å². The SMILES string of the molecule is CCCCOC(=O)c1ccccc1NC(=O)C(=O)Nc1cc(C)ccc1O. The number of hydrogen-bond donors (Lipinski definition) is 3. The van der Waals surface area contributed by atoms with Crippen molar-refractivity contribution in [2.45, 2.75) is 26.7 Å². The summed E-state index contributed by atoms with van der Waals surface area (Å²) in [5.74, 6) is -2.66. The normalized spacial score (nSPS) is 10.1. The smallest absolute Gasteiger partial charge is 0.340 e. The van der Waals surface area contributed by atoms with Gasteiger partial charge in [-0.2, -0.15) is 0 Å². The molecule has 142 valence electrons. The van der Waals surface area contributed by atoms with Gasteiger partial charge in [-0.15, -0.1) is 0 Å². The molecule has 27 heavy (non-hydrogen) atoms. The summed E-state index contributed by atoms with van der Waals surface area (Å²) >= 11 is 0. The highest BCUT2D eigenvalue weighted by atomic mass is 16.5. The van der Waals surface area contributed by atoms with Crippen LogP contribution >= 0.6 is 0 Å². The lowest BCUT2D eigenvalue weighted by atomic mass is 10.1. The fraction of sp³-hybridized carbons (Fsp3) is 0.250. The van der Waals surface area contributed by atoms with Gasteiger partial charge in [0.05, 0.1) is 23.5 Å². The van der Waals surface area contributed by atoms with Crippen LogP contribution in [0.2, 0.25) is 0 Å². The summed E-state index contributed by atoms with van der Waals surface area (Å²) in [5.41, 5.74) is 1.27. The summed E-state index contributed by atoms with van der Waals surface area (Å²) in [7, 11) is 0. The van der Waals surface area contributed by atoms with Crippen LogP contribution < -0.4 is 10.6 Å². The largest absolute Gasteiger partial charge is 0.506 e. The number of hydrogen-bond acceptors (Lipinski definition) is 5. The highest BCUT2D eigenvalue weighted by Gasteiger charge is 2.19. The summed E-state index contributed by atoms with van der Waals surface area (Å²) in [5, 5.41) is 14.5. The molecule has 0 unspecified atom stereocenters. The number of nitrogens with one attached hydrogen (secondary N) is 2. The quantitative estimate of drug-likeness (QED) is 0.313. The minimum absolute atomic E-state index is 0.127. The van der Waals surface area contributed by atoms with Crippen LogP contribution in [0.5, 0.6) is 5.75 Å². The zero-order valence-corrected chi connectivity index (χ0v) is 15.2. The summed E-state index contributed by atoms with van der Waals surface area (Å²) in [6.07, 6.45) is 1.63. The minimum atomic E-state index is -0.968. The summed E-state index contributed by atoms with van der Waals surface area (Å²) in [6, 6.07) is 10.9. The number of carbonyl (C=O) groups is 3. The molecule has 0 bridgehead atoms. The number of aromatic hydroxyl groups is 1. The van der Waals surface area contributed by atoms with Gasteiger partial charge in [0.2, 0.25) is 0 Å². The Morgan fingerprint density at radius 3 is 2.37 bits per heavy atom. The molecule has 2 amide bonds. The summed E-state index contributed by atoms with van der Waals surface area (Å²) in [6.45, 7) is 4.05. The fourth-order valence-corrected chi connectivity index (χ4v) is 2.27. The molecule has 0 radical (unpaired) electrons. The molecule has 2 rings (SSSR count). The van der Waals surface area contributed by atoms with Crippen LogP contribution in [0.15, 0.2) is 42.5 Å². The lowest BCUT2D eigenvalue weighted by molar-refractivity contribution is -0.133. The molecule has 0 saturated carbocycles. The van der Waals surface area contributed by atoms with Crippen molar-refractivity contribution in [1.29, 1.82) is 0 Å². The standard InChI is InChI=1S/C20H22N2O5/c1-3-4-11-27-20(26)14-7-5-6-8-15(14)21-18(24)19(25)22-16-12-13(2)9-10-17(16)23/h5-10,12,23H,3-4,11H2,1-2H3,(H,21,24)(H,22,25). The predicted molar refractivity (Wildman–Crippen MR) is 102 cm³/mol. The Balaban J connectivity index is 2.08. The average Bonchev–Trinajstić information content (AvgIpc) is 2.65. The minimum Gasteiger partial charge on any atom is -0.506 e. The third kappa shape index (κ3) is 5.57. The second-order valence-corrected chi connectivity index (χ2v) is 5.96. The Kier molecular flexibility index (Phi) is 6.93. The van der Waals surface area contributed by atoms with E-state index in [0.717, 1.165) is 18.4 Å². The number of aryl methyl sites for hydroxylation is 1. The Labute approximate surface area is 157 Å². The van der Waals surface area contributed by atoms with Crippen LogP contribution in [0.4, 0.5) is 11.4 Å². The van der Waals surface area contributed by atoms with E-state index in [-0.39, 0.29) is 29.3 Å². The van der Waals surface area contributed by atoms with Crippen molar-refractivity contribution in [1.82, 2.24) is 0 Å². The van der Waals surface area contributed by atoms with Gasteiger partial charge in [0.1, 0.15) is 5.75 Å². The van der Waals surface area contributed by atoms with E-state index in [1.165, 1.54) is 18.2 Å². The lowest BCUT2D eigenvalue weighted by Gasteiger charge is -2.11. The molecule has 7 nitrogen and oxygen atoms in total. The lowest BCUT2D eigenvalue weighted by Crippen LogP contribution is -2.29. The monoisotopic (exact) mass is 370 g/mol. The molecule has 0 atom stereocenters. The third-order valence-corrected chi connectivity index (χ3v) is 3.73. The third-order valence-electron chi connectivity index (χ3n) is 3.73. The van der Waals surface area contributed by atoms with E-state index in [0.29, 0.717) is 0 Å². The second-order valence-electron chi connectivity index (χ2n) is 5.96. The second kappa shape index (κ2) is 9.38. The Bertz CT molecular complexity index is 848. The number of para-hydroxylation sites is 1. The maximum Gasteiger partial charge on any atom is 0.340 e. The summed E-state index contributed by atoms with van der Waals surface area (Å²) in [4.78, 5) is 36.5. The van der Waals surface area contributed by atoms with Crippen molar-refractivity contribution in [2.75, 3.05) is 17.2 Å². The zero-order chi connectivity index (χ0) is 19.8. The number of esters is 1. The van der Waals surface area contributed by atoms with Crippen molar-refractivity contribution in [3.63, 3.8) is 0 Å². The van der Waals surface area contributed by atoms with Crippen LogP contribution in [-0.4, -0.2) is 29.5 Å². The van der Waals surface area contributed by atoms with Gasteiger partial charge in [0, 0.05) is 0 Å². The van der Waals surface area contributed by atoms with E-state index < -0.39 is 17.8 Å².